The molecule has 7 heteroatoms. The summed E-state index contributed by atoms with van der Waals surface area (Å²) in [5.74, 6) is 1.68. The molecule has 30 heavy (non-hydrogen) atoms. The number of aliphatic hydroxyl groups is 1. The standard InChI is InChI=1S/C23H40N2O4Si/c1-11-17(3)21(27)18(4)13-12-16(2)14-24-22(28)20(25-19(5)26)15-29-30(9,10)23(6,7)8/h1,12-13,17,20-21,27H,14-15H2,2-10H3,(H,24,28)(H,25,26)/b16-12+,18-13+/t17-,20-,21-/m0/s1. The molecule has 0 spiro atoms. The Morgan fingerprint density at radius 1 is 1.20 bits per heavy atom. The largest absolute Gasteiger partial charge is 0.414 e. The zero-order chi connectivity index (χ0) is 23.7. The summed E-state index contributed by atoms with van der Waals surface area (Å²) in [5.41, 5.74) is 1.65. The predicted octanol–water partition coefficient (Wildman–Crippen LogP) is 3.15. The zero-order valence-electron chi connectivity index (χ0n) is 20.1. The lowest BCUT2D eigenvalue weighted by atomic mass is 9.99. The molecule has 3 N–H and O–H groups in total. The Morgan fingerprint density at radius 3 is 2.23 bits per heavy atom. The number of amides is 2. The first kappa shape index (κ1) is 28.1. The number of aliphatic hydroxyl groups excluding tert-OH is 1. The highest BCUT2D eigenvalue weighted by Crippen LogP contribution is 2.36. The second-order valence-electron chi connectivity index (χ2n) is 9.37. The number of nitrogens with one attached hydrogen (secondary N) is 2. The highest BCUT2D eigenvalue weighted by molar-refractivity contribution is 6.74. The SMILES string of the molecule is C#C[C@H](C)[C@H](O)/C(C)=C/C=C(\C)CNC(=O)[C@H](CO[Si](C)(C)C(C)(C)C)NC(C)=O. The molecule has 0 aromatic carbocycles. The van der Waals surface area contributed by atoms with Gasteiger partial charge in [0.15, 0.2) is 8.32 Å². The lowest BCUT2D eigenvalue weighted by Crippen LogP contribution is -2.52. The molecule has 0 aliphatic rings. The van der Waals surface area contributed by atoms with E-state index in [1.165, 1.54) is 6.92 Å². The summed E-state index contributed by atoms with van der Waals surface area (Å²) in [5, 5.41) is 15.6. The van der Waals surface area contributed by atoms with Crippen LogP contribution in [0.2, 0.25) is 18.1 Å². The van der Waals surface area contributed by atoms with Gasteiger partial charge in [-0.1, -0.05) is 38.5 Å². The van der Waals surface area contributed by atoms with Crippen molar-refractivity contribution in [2.75, 3.05) is 13.2 Å². The number of terminal acetylenes is 1. The molecule has 3 atom stereocenters. The Morgan fingerprint density at radius 2 is 1.77 bits per heavy atom. The highest BCUT2D eigenvalue weighted by atomic mass is 28.4. The molecule has 170 valence electrons. The van der Waals surface area contributed by atoms with Gasteiger partial charge in [-0.05, 0) is 44.5 Å². The van der Waals surface area contributed by atoms with Crippen LogP contribution in [0.5, 0.6) is 0 Å². The topological polar surface area (TPSA) is 87.7 Å². The van der Waals surface area contributed by atoms with Crippen LogP contribution in [-0.2, 0) is 14.0 Å². The second kappa shape index (κ2) is 12.1. The first-order valence-electron chi connectivity index (χ1n) is 10.3. The van der Waals surface area contributed by atoms with Crippen LogP contribution in [-0.4, -0.2) is 50.5 Å². The normalized spacial score (nSPS) is 16.3. The van der Waals surface area contributed by atoms with E-state index < -0.39 is 20.5 Å². The molecule has 2 amide bonds. The lowest BCUT2D eigenvalue weighted by Gasteiger charge is -2.37. The summed E-state index contributed by atoms with van der Waals surface area (Å²) in [6, 6.07) is -0.750. The van der Waals surface area contributed by atoms with E-state index in [0.717, 1.165) is 11.1 Å². The van der Waals surface area contributed by atoms with E-state index in [4.69, 9.17) is 10.8 Å². The van der Waals surface area contributed by atoms with E-state index in [-0.39, 0.29) is 29.4 Å². The van der Waals surface area contributed by atoms with Crippen molar-refractivity contribution in [2.24, 2.45) is 5.92 Å². The van der Waals surface area contributed by atoms with Crippen LogP contribution in [0.15, 0.2) is 23.3 Å². The average Bonchev–Trinajstić information content (AvgIpc) is 2.64. The van der Waals surface area contributed by atoms with Crippen LogP contribution in [0.4, 0.5) is 0 Å². The van der Waals surface area contributed by atoms with Crippen LogP contribution in [0.25, 0.3) is 0 Å². The summed E-state index contributed by atoms with van der Waals surface area (Å²) < 4.78 is 6.12. The summed E-state index contributed by atoms with van der Waals surface area (Å²) >= 11 is 0. The van der Waals surface area contributed by atoms with Crippen LogP contribution in [0.3, 0.4) is 0 Å². The van der Waals surface area contributed by atoms with Crippen LogP contribution >= 0.6 is 0 Å². The van der Waals surface area contributed by atoms with E-state index in [9.17, 15) is 14.7 Å². The number of carbonyl (C=O) groups excluding carboxylic acids is 2. The first-order chi connectivity index (χ1) is 13.6. The molecule has 0 heterocycles. The first-order valence-corrected chi connectivity index (χ1v) is 13.2. The summed E-state index contributed by atoms with van der Waals surface area (Å²) in [6.45, 7) is 17.9. The maximum Gasteiger partial charge on any atom is 0.245 e. The van der Waals surface area contributed by atoms with E-state index in [2.05, 4.69) is 50.4 Å². The molecule has 0 aromatic heterocycles. The van der Waals surface area contributed by atoms with Crippen molar-refractivity contribution in [1.29, 1.82) is 0 Å². The van der Waals surface area contributed by atoms with Gasteiger partial charge >= 0.3 is 0 Å². The molecule has 0 rings (SSSR count). The van der Waals surface area contributed by atoms with Crippen LogP contribution in [0, 0.1) is 18.3 Å². The predicted molar refractivity (Wildman–Crippen MR) is 125 cm³/mol. The molecule has 0 unspecified atom stereocenters. The van der Waals surface area contributed by atoms with Gasteiger partial charge in [0.25, 0.3) is 0 Å². The number of hydrogen-bond acceptors (Lipinski definition) is 4. The Kier molecular flexibility index (Phi) is 11.3. The molecular formula is C23H40N2O4Si. The Balaban J connectivity index is 5.01. The van der Waals surface area contributed by atoms with Gasteiger partial charge < -0.3 is 20.2 Å². The van der Waals surface area contributed by atoms with Gasteiger partial charge in [-0.2, -0.15) is 0 Å². The van der Waals surface area contributed by atoms with Gasteiger partial charge in [0, 0.05) is 19.4 Å². The monoisotopic (exact) mass is 436 g/mol. The molecule has 0 bridgehead atoms. The maximum absolute atomic E-state index is 12.6. The van der Waals surface area contributed by atoms with Crippen molar-refractivity contribution in [2.45, 2.75) is 78.7 Å². The molecular weight excluding hydrogens is 396 g/mol. The molecule has 0 aliphatic heterocycles. The van der Waals surface area contributed by atoms with Crippen LogP contribution in [0.1, 0.15) is 48.5 Å². The molecule has 0 fully saturated rings. The number of allylic oxidation sites excluding steroid dienone is 2. The van der Waals surface area contributed by atoms with Crippen molar-refractivity contribution >= 4 is 20.1 Å². The lowest BCUT2D eigenvalue weighted by molar-refractivity contribution is -0.128. The second-order valence-corrected chi connectivity index (χ2v) is 14.2. The van der Waals surface area contributed by atoms with Crippen molar-refractivity contribution in [3.8, 4) is 12.3 Å². The fraction of sp³-hybridized carbons (Fsp3) is 0.652. The Labute approximate surface area is 183 Å². The summed E-state index contributed by atoms with van der Waals surface area (Å²) in [7, 11) is -2.05. The fourth-order valence-corrected chi connectivity index (χ4v) is 3.22. The molecule has 6 nitrogen and oxygen atoms in total. The zero-order valence-corrected chi connectivity index (χ0v) is 21.1. The third kappa shape index (κ3) is 9.75. The van der Waals surface area contributed by atoms with E-state index in [0.29, 0.717) is 6.54 Å². The minimum absolute atomic E-state index is 0.00918. The van der Waals surface area contributed by atoms with Gasteiger partial charge in [0.2, 0.25) is 11.8 Å². The van der Waals surface area contributed by atoms with Crippen LogP contribution < -0.4 is 10.6 Å². The van der Waals surface area contributed by atoms with E-state index >= 15 is 0 Å². The van der Waals surface area contributed by atoms with Crippen molar-refractivity contribution < 1.29 is 19.1 Å². The molecule has 0 saturated heterocycles. The third-order valence-electron chi connectivity index (χ3n) is 5.49. The highest BCUT2D eigenvalue weighted by Gasteiger charge is 2.38. The Bertz CT molecular complexity index is 699. The van der Waals surface area contributed by atoms with Gasteiger partial charge in [-0.25, -0.2) is 0 Å². The minimum Gasteiger partial charge on any atom is -0.414 e. The third-order valence-corrected chi connectivity index (χ3v) is 9.99. The maximum atomic E-state index is 12.6. The smallest absolute Gasteiger partial charge is 0.245 e. The van der Waals surface area contributed by atoms with E-state index in [1.54, 1.807) is 13.0 Å². The van der Waals surface area contributed by atoms with Crippen molar-refractivity contribution in [3.05, 3.63) is 23.3 Å². The molecule has 0 radical (unpaired) electrons. The number of carbonyl (C=O) groups is 2. The molecule has 0 saturated carbocycles. The fourth-order valence-electron chi connectivity index (χ4n) is 2.20. The average molecular weight is 437 g/mol. The van der Waals surface area contributed by atoms with Crippen molar-refractivity contribution in [1.82, 2.24) is 10.6 Å². The van der Waals surface area contributed by atoms with Crippen molar-refractivity contribution in [3.63, 3.8) is 0 Å². The number of rotatable bonds is 10. The minimum atomic E-state index is -2.05. The van der Waals surface area contributed by atoms with Gasteiger partial charge in [-0.3, -0.25) is 9.59 Å². The van der Waals surface area contributed by atoms with Gasteiger partial charge in [0.1, 0.15) is 6.04 Å². The Hall–Kier alpha value is -1.88. The van der Waals surface area contributed by atoms with Gasteiger partial charge in [-0.15, -0.1) is 12.3 Å². The van der Waals surface area contributed by atoms with Gasteiger partial charge in [0.05, 0.1) is 12.7 Å². The molecule has 0 aliphatic carbocycles. The van der Waals surface area contributed by atoms with E-state index in [1.807, 2.05) is 19.9 Å². The summed E-state index contributed by atoms with van der Waals surface area (Å²) in [4.78, 5) is 24.2. The number of hydrogen-bond donors (Lipinski definition) is 3. The molecule has 0 aromatic rings. The summed E-state index contributed by atoms with van der Waals surface area (Å²) in [6.07, 6.45) is 8.28. The quantitative estimate of drug-likeness (QED) is 0.279.